The van der Waals surface area contributed by atoms with Gasteiger partial charge in [0, 0.05) is 49.3 Å². The van der Waals surface area contributed by atoms with Crippen molar-refractivity contribution in [1.82, 2.24) is 4.90 Å². The number of aliphatic imine (C=N–C) groups is 1. The molecule has 12 nitrogen and oxygen atoms in total. The first-order valence-electron chi connectivity index (χ1n) is 18.3. The molecule has 12 heteroatoms. The number of hydrogen-bond donors (Lipinski definition) is 1. The number of ether oxygens (including phenoxy) is 4. The summed E-state index contributed by atoms with van der Waals surface area (Å²) in [4.78, 5) is 73.4. The van der Waals surface area contributed by atoms with E-state index in [-0.39, 0.29) is 68.3 Å². The average molecular weight is 707 g/mol. The summed E-state index contributed by atoms with van der Waals surface area (Å²) in [5, 5.41) is 12.2. The van der Waals surface area contributed by atoms with Crippen LogP contribution in [0.3, 0.4) is 0 Å². The van der Waals surface area contributed by atoms with E-state index in [2.05, 4.69) is 9.89 Å². The lowest BCUT2D eigenvalue weighted by molar-refractivity contribution is -0.285. The Kier molecular flexibility index (Phi) is 14.3. The van der Waals surface area contributed by atoms with E-state index in [1.807, 2.05) is 34.9 Å². The van der Waals surface area contributed by atoms with Gasteiger partial charge in [-0.25, -0.2) is 4.99 Å². The summed E-state index contributed by atoms with van der Waals surface area (Å²) < 4.78 is 25.9. The van der Waals surface area contributed by atoms with Crippen LogP contribution in [0.5, 0.6) is 0 Å². The number of rotatable bonds is 6. The van der Waals surface area contributed by atoms with Crippen LogP contribution in [0, 0.1) is 35.5 Å². The van der Waals surface area contributed by atoms with Crippen molar-refractivity contribution < 1.29 is 48.0 Å². The zero-order valence-electron chi connectivity index (χ0n) is 32.3. The number of carbonyl (C=O) groups excluding carboxylic acids is 5. The van der Waals surface area contributed by atoms with E-state index in [0.717, 1.165) is 0 Å². The lowest BCUT2D eigenvalue weighted by Crippen LogP contribution is -2.58. The van der Waals surface area contributed by atoms with Crippen LogP contribution in [0.4, 0.5) is 0 Å². The number of carbonyl (C=O) groups is 5. The summed E-state index contributed by atoms with van der Waals surface area (Å²) >= 11 is 0. The third-order valence-corrected chi connectivity index (χ3v) is 11.4. The summed E-state index contributed by atoms with van der Waals surface area (Å²) in [5.74, 6) is -6.05. The SMILES string of the molecule is CC[C@H]1OC(=O)[C@H](C)C(=O)C(C)[C@@H](O[C@@H]2O[C@H](C)C[C@H](N(C)C)[C@H]2CC(C)=O)[C@@]2(C)C[C@@H](C)/C(=N\C(C)=O)[C@H](C)[C@@H](CCC(=O)CO2)[C@]1(C)O. The molecular weight excluding hydrogens is 644 g/mol. The molecule has 284 valence electrons. The van der Waals surface area contributed by atoms with Crippen LogP contribution < -0.4 is 0 Å². The lowest BCUT2D eigenvalue weighted by Gasteiger charge is -2.48. The number of esters is 1. The molecule has 0 aromatic rings. The first kappa shape index (κ1) is 42.0. The van der Waals surface area contributed by atoms with Crippen molar-refractivity contribution in [1.29, 1.82) is 0 Å². The fraction of sp³-hybridized carbons (Fsp3) is 0.842. The van der Waals surface area contributed by atoms with Crippen LogP contribution >= 0.6 is 0 Å². The minimum absolute atomic E-state index is 0.0354. The van der Waals surface area contributed by atoms with Crippen LogP contribution in [-0.4, -0.2) is 107 Å². The molecule has 0 aromatic heterocycles. The number of aliphatic hydroxyl groups is 1. The predicted molar refractivity (Wildman–Crippen MR) is 187 cm³/mol. The van der Waals surface area contributed by atoms with Crippen molar-refractivity contribution in [2.24, 2.45) is 40.5 Å². The molecule has 13 atom stereocenters. The second-order valence-electron chi connectivity index (χ2n) is 15.9. The Balaban J connectivity index is 2.32. The van der Waals surface area contributed by atoms with E-state index in [0.29, 0.717) is 12.1 Å². The molecule has 2 bridgehead atoms. The standard InChI is InChI=1S/C38H62N2O10/c1-13-31-38(10,46)29-15-14-27(43)19-47-37(9,18-20(2)32(23(29)5)39-26(8)42)34(24(6)33(44)25(7)35(45)49-31)50-36-28(16-21(3)41)30(40(11)12)17-22(4)48-36/h20,22-25,28-31,34,36,46H,13-19H2,1-12H3/b39-32+/t20-,22-,23-,24?,25-,28-,29-,30+,31-,34-,36+,37-,38+/m1/s1. The van der Waals surface area contributed by atoms with Gasteiger partial charge in [-0.15, -0.1) is 0 Å². The van der Waals surface area contributed by atoms with Gasteiger partial charge in [-0.1, -0.05) is 27.7 Å². The summed E-state index contributed by atoms with van der Waals surface area (Å²) in [6.07, 6.45) is -1.68. The molecule has 3 aliphatic heterocycles. The topological polar surface area (TPSA) is 158 Å². The highest BCUT2D eigenvalue weighted by atomic mass is 16.7. The van der Waals surface area contributed by atoms with Gasteiger partial charge >= 0.3 is 5.97 Å². The molecule has 1 amide bonds. The Bertz CT molecular complexity index is 1300. The van der Waals surface area contributed by atoms with Gasteiger partial charge in [-0.05, 0) is 86.2 Å². The number of ketones is 3. The maximum Gasteiger partial charge on any atom is 0.316 e. The van der Waals surface area contributed by atoms with E-state index >= 15 is 0 Å². The quantitative estimate of drug-likeness (QED) is 0.309. The number of amides is 1. The summed E-state index contributed by atoms with van der Waals surface area (Å²) in [7, 11) is 3.89. The molecule has 0 aromatic carbocycles. The number of hydrogen-bond acceptors (Lipinski definition) is 11. The van der Waals surface area contributed by atoms with Crippen molar-refractivity contribution in [2.45, 2.75) is 150 Å². The maximum absolute atomic E-state index is 14.3. The van der Waals surface area contributed by atoms with Crippen LogP contribution in [0.1, 0.15) is 108 Å². The third-order valence-electron chi connectivity index (χ3n) is 11.4. The molecule has 1 N–H and O–H groups in total. The highest BCUT2D eigenvalue weighted by molar-refractivity contribution is 6.00. The molecule has 3 rings (SSSR count). The first-order valence-corrected chi connectivity index (χ1v) is 18.3. The van der Waals surface area contributed by atoms with Gasteiger partial charge in [0.2, 0.25) is 5.91 Å². The highest BCUT2D eigenvalue weighted by Crippen LogP contribution is 2.43. The second-order valence-corrected chi connectivity index (χ2v) is 15.9. The second kappa shape index (κ2) is 17.0. The molecule has 50 heavy (non-hydrogen) atoms. The normalized spacial score (nSPS) is 42.0. The Morgan fingerprint density at radius 2 is 1.68 bits per heavy atom. The Labute approximate surface area is 298 Å². The van der Waals surface area contributed by atoms with Crippen molar-refractivity contribution in [3.8, 4) is 0 Å². The molecule has 3 fully saturated rings. The van der Waals surface area contributed by atoms with Gasteiger partial charge in [-0.2, -0.15) is 0 Å². The molecule has 0 radical (unpaired) electrons. The van der Waals surface area contributed by atoms with E-state index in [4.69, 9.17) is 18.9 Å². The smallest absolute Gasteiger partial charge is 0.316 e. The molecule has 0 saturated carbocycles. The average Bonchev–Trinajstić information content (AvgIpc) is 3.03. The molecule has 3 heterocycles. The first-order chi connectivity index (χ1) is 23.1. The number of fused-ring (bicyclic) bond motifs is 5. The minimum atomic E-state index is -1.63. The summed E-state index contributed by atoms with van der Waals surface area (Å²) in [6.45, 7) is 16.7. The van der Waals surface area contributed by atoms with Crippen molar-refractivity contribution in [3.05, 3.63) is 0 Å². The molecule has 3 saturated heterocycles. The van der Waals surface area contributed by atoms with Crippen LogP contribution in [0.25, 0.3) is 0 Å². The van der Waals surface area contributed by atoms with Crippen molar-refractivity contribution in [3.63, 3.8) is 0 Å². The highest BCUT2D eigenvalue weighted by Gasteiger charge is 2.52. The largest absolute Gasteiger partial charge is 0.459 e. The van der Waals surface area contributed by atoms with Gasteiger partial charge in [0.15, 0.2) is 17.9 Å². The molecular formula is C38H62N2O10. The Hall–Kier alpha value is -2.38. The minimum Gasteiger partial charge on any atom is -0.459 e. The third kappa shape index (κ3) is 9.53. The number of cyclic esters (lactones) is 1. The Morgan fingerprint density at radius 3 is 2.24 bits per heavy atom. The van der Waals surface area contributed by atoms with Gasteiger partial charge in [0.25, 0.3) is 0 Å². The van der Waals surface area contributed by atoms with E-state index < -0.39 is 76.9 Å². The molecule has 0 spiro atoms. The maximum atomic E-state index is 14.3. The van der Waals surface area contributed by atoms with Gasteiger partial charge in [0.05, 0.1) is 17.8 Å². The van der Waals surface area contributed by atoms with Gasteiger partial charge in [-0.3, -0.25) is 19.2 Å². The van der Waals surface area contributed by atoms with E-state index in [1.54, 1.807) is 27.7 Å². The molecule has 3 aliphatic rings. The van der Waals surface area contributed by atoms with Crippen LogP contribution in [0.15, 0.2) is 4.99 Å². The van der Waals surface area contributed by atoms with E-state index in [9.17, 15) is 29.1 Å². The fourth-order valence-corrected chi connectivity index (χ4v) is 8.77. The molecule has 1 unspecified atom stereocenters. The van der Waals surface area contributed by atoms with Crippen molar-refractivity contribution in [2.75, 3.05) is 20.7 Å². The lowest BCUT2D eigenvalue weighted by atomic mass is 9.68. The van der Waals surface area contributed by atoms with Crippen molar-refractivity contribution >= 4 is 34.9 Å². The fourth-order valence-electron chi connectivity index (χ4n) is 8.77. The van der Waals surface area contributed by atoms with Gasteiger partial charge in [0.1, 0.15) is 30.0 Å². The van der Waals surface area contributed by atoms with E-state index in [1.165, 1.54) is 20.8 Å². The number of nitrogens with zero attached hydrogens (tertiary/aromatic N) is 2. The van der Waals surface area contributed by atoms with Crippen LogP contribution in [0.2, 0.25) is 0 Å². The molecule has 0 aliphatic carbocycles. The zero-order valence-corrected chi connectivity index (χ0v) is 32.3. The zero-order chi connectivity index (χ0) is 37.9. The Morgan fingerprint density at radius 1 is 1.04 bits per heavy atom. The van der Waals surface area contributed by atoms with Gasteiger partial charge < -0.3 is 33.7 Å². The number of Topliss-reactive ketones (excluding diaryl/α,β-unsaturated/α-hetero) is 3. The summed E-state index contributed by atoms with van der Waals surface area (Å²) in [6, 6.07) is -0.0706. The van der Waals surface area contributed by atoms with Crippen LogP contribution in [-0.2, 0) is 42.9 Å². The monoisotopic (exact) mass is 706 g/mol. The predicted octanol–water partition coefficient (Wildman–Crippen LogP) is 4.36. The summed E-state index contributed by atoms with van der Waals surface area (Å²) in [5.41, 5.74) is -2.46.